The molecule has 25 heavy (non-hydrogen) atoms. The van der Waals surface area contributed by atoms with E-state index in [1.54, 1.807) is 31.2 Å². The van der Waals surface area contributed by atoms with Gasteiger partial charge in [0.15, 0.2) is 6.23 Å². The van der Waals surface area contributed by atoms with Crippen LogP contribution >= 0.6 is 0 Å². The molecule has 1 aromatic carbocycles. The van der Waals surface area contributed by atoms with Crippen molar-refractivity contribution in [3.63, 3.8) is 0 Å². The van der Waals surface area contributed by atoms with Crippen LogP contribution < -0.4 is 10.2 Å². The van der Waals surface area contributed by atoms with Crippen molar-refractivity contribution in [2.24, 2.45) is 0 Å². The minimum absolute atomic E-state index is 0.0183. The van der Waals surface area contributed by atoms with E-state index in [2.05, 4.69) is 5.32 Å². The Kier molecular flexibility index (Phi) is 3.90. The van der Waals surface area contributed by atoms with Crippen molar-refractivity contribution >= 4 is 23.7 Å². The van der Waals surface area contributed by atoms with E-state index in [4.69, 9.17) is 14.2 Å². The second-order valence-corrected chi connectivity index (χ2v) is 5.91. The fourth-order valence-corrected chi connectivity index (χ4v) is 3.43. The van der Waals surface area contributed by atoms with Gasteiger partial charge in [0.1, 0.15) is 5.57 Å². The zero-order chi connectivity index (χ0) is 18.4. The van der Waals surface area contributed by atoms with Gasteiger partial charge in [-0.1, -0.05) is 18.2 Å². The molecular weight excluding hydrogens is 328 g/mol. The average Bonchev–Trinajstić information content (AvgIpc) is 2.99. The van der Waals surface area contributed by atoms with Gasteiger partial charge in [-0.15, -0.1) is 0 Å². The highest BCUT2D eigenvalue weighted by Crippen LogP contribution is 2.54. The van der Waals surface area contributed by atoms with E-state index in [1.807, 2.05) is 0 Å². The summed E-state index contributed by atoms with van der Waals surface area (Å²) >= 11 is 0. The summed E-state index contributed by atoms with van der Waals surface area (Å²) in [6, 6.07) is 7.11. The Morgan fingerprint density at radius 1 is 1.20 bits per heavy atom. The Labute approximate surface area is 144 Å². The first kappa shape index (κ1) is 16.8. The number of rotatable bonds is 2. The molecule has 1 N–H and O–H groups in total. The molecule has 2 aliphatic heterocycles. The maximum Gasteiger partial charge on any atom is 0.417 e. The van der Waals surface area contributed by atoms with Gasteiger partial charge in [0, 0.05) is 6.92 Å². The van der Waals surface area contributed by atoms with Crippen LogP contribution in [0.4, 0.5) is 10.5 Å². The predicted octanol–water partition coefficient (Wildman–Crippen LogP) is 1.41. The van der Waals surface area contributed by atoms with Gasteiger partial charge in [0.05, 0.1) is 25.3 Å². The number of carbonyl (C=O) groups excluding carboxylic acids is 3. The van der Waals surface area contributed by atoms with Crippen LogP contribution in [0, 0.1) is 0 Å². The van der Waals surface area contributed by atoms with E-state index >= 15 is 0 Å². The molecule has 0 aromatic heterocycles. The zero-order valence-electron chi connectivity index (χ0n) is 14.3. The number of methoxy groups -OCH3 is 2. The summed E-state index contributed by atoms with van der Waals surface area (Å²) in [4.78, 5) is 37.6. The van der Waals surface area contributed by atoms with E-state index in [-0.39, 0.29) is 11.5 Å². The Balaban J connectivity index is 2.23. The van der Waals surface area contributed by atoms with Crippen molar-refractivity contribution < 1.29 is 28.6 Å². The second kappa shape index (κ2) is 5.80. The standard InChI is InChI=1S/C17H18N2O6/c1-9(20)18-13-12(14(21)23-3)17(2)10-7-5-6-8-11(10)19(15(17)25-13)16(22)24-4/h5-8,15H,1-4H3,(H,18,20). The summed E-state index contributed by atoms with van der Waals surface area (Å²) in [5.74, 6) is -1.07. The van der Waals surface area contributed by atoms with Crippen LogP contribution in [-0.4, -0.2) is 38.4 Å². The van der Waals surface area contributed by atoms with Gasteiger partial charge < -0.3 is 14.2 Å². The largest absolute Gasteiger partial charge is 0.465 e. The molecule has 2 aliphatic rings. The highest BCUT2D eigenvalue weighted by Gasteiger charge is 2.61. The molecule has 3 rings (SSSR count). The molecule has 2 atom stereocenters. The van der Waals surface area contributed by atoms with Crippen molar-refractivity contribution in [3.05, 3.63) is 41.3 Å². The number of benzene rings is 1. The fourth-order valence-electron chi connectivity index (χ4n) is 3.43. The van der Waals surface area contributed by atoms with Crippen LogP contribution in [0.1, 0.15) is 19.4 Å². The molecule has 8 heteroatoms. The summed E-state index contributed by atoms with van der Waals surface area (Å²) in [6.07, 6.45) is -1.51. The van der Waals surface area contributed by atoms with Crippen LogP contribution in [0.2, 0.25) is 0 Å². The van der Waals surface area contributed by atoms with Gasteiger partial charge in [-0.2, -0.15) is 0 Å². The molecule has 0 saturated heterocycles. The summed E-state index contributed by atoms with van der Waals surface area (Å²) in [7, 11) is 2.51. The van der Waals surface area contributed by atoms with Gasteiger partial charge in [0.25, 0.3) is 0 Å². The van der Waals surface area contributed by atoms with Crippen LogP contribution in [0.15, 0.2) is 35.7 Å². The van der Waals surface area contributed by atoms with Crippen molar-refractivity contribution in [2.75, 3.05) is 19.1 Å². The Morgan fingerprint density at radius 3 is 2.48 bits per heavy atom. The number of nitrogens with one attached hydrogen (secondary N) is 1. The number of fused-ring (bicyclic) bond motifs is 3. The highest BCUT2D eigenvalue weighted by atomic mass is 16.6. The zero-order valence-corrected chi connectivity index (χ0v) is 14.3. The molecule has 2 heterocycles. The third-order valence-corrected chi connectivity index (χ3v) is 4.48. The van der Waals surface area contributed by atoms with Crippen molar-refractivity contribution in [2.45, 2.75) is 25.5 Å². The third-order valence-electron chi connectivity index (χ3n) is 4.48. The second-order valence-electron chi connectivity index (χ2n) is 5.91. The molecule has 2 amide bonds. The Morgan fingerprint density at radius 2 is 1.88 bits per heavy atom. The summed E-state index contributed by atoms with van der Waals surface area (Å²) < 4.78 is 15.6. The third kappa shape index (κ3) is 2.25. The van der Waals surface area contributed by atoms with E-state index in [1.165, 1.54) is 26.0 Å². The fraction of sp³-hybridized carbons (Fsp3) is 0.353. The first-order valence-electron chi connectivity index (χ1n) is 7.60. The van der Waals surface area contributed by atoms with Crippen LogP contribution in [-0.2, 0) is 29.2 Å². The molecule has 0 spiro atoms. The first-order valence-corrected chi connectivity index (χ1v) is 7.60. The SMILES string of the molecule is COC(=O)C1=C(NC(C)=O)OC2N(C(=O)OC)c3ccccc3C12C. The molecule has 132 valence electrons. The maximum atomic E-state index is 12.5. The molecular formula is C17H18N2O6. The maximum absolute atomic E-state index is 12.5. The lowest BCUT2D eigenvalue weighted by atomic mass is 9.77. The number of para-hydroxylation sites is 1. The topological polar surface area (TPSA) is 94.2 Å². The summed E-state index contributed by atoms with van der Waals surface area (Å²) in [5, 5.41) is 2.51. The van der Waals surface area contributed by atoms with Gasteiger partial charge in [-0.05, 0) is 18.6 Å². The van der Waals surface area contributed by atoms with Gasteiger partial charge >= 0.3 is 12.1 Å². The number of carbonyl (C=O) groups is 3. The minimum Gasteiger partial charge on any atom is -0.465 e. The Bertz CT molecular complexity index is 802. The predicted molar refractivity (Wildman–Crippen MR) is 86.4 cm³/mol. The van der Waals surface area contributed by atoms with Gasteiger partial charge in [-0.25, -0.2) is 14.5 Å². The lowest BCUT2D eigenvalue weighted by Crippen LogP contribution is -2.46. The number of ether oxygens (including phenoxy) is 3. The molecule has 0 saturated carbocycles. The van der Waals surface area contributed by atoms with E-state index < -0.39 is 29.6 Å². The Hall–Kier alpha value is -3.03. The minimum atomic E-state index is -1.02. The number of amides is 2. The molecule has 8 nitrogen and oxygen atoms in total. The molecule has 0 bridgehead atoms. The smallest absolute Gasteiger partial charge is 0.417 e. The van der Waals surface area contributed by atoms with Crippen molar-refractivity contribution in [1.29, 1.82) is 0 Å². The van der Waals surface area contributed by atoms with E-state index in [0.717, 1.165) is 0 Å². The van der Waals surface area contributed by atoms with Gasteiger partial charge in [-0.3, -0.25) is 10.1 Å². The number of nitrogens with zero attached hydrogens (tertiary/aromatic N) is 1. The molecule has 0 radical (unpaired) electrons. The summed E-state index contributed by atoms with van der Waals surface area (Å²) in [6.45, 7) is 3.06. The highest BCUT2D eigenvalue weighted by molar-refractivity contribution is 5.99. The normalized spacial score (nSPS) is 23.5. The van der Waals surface area contributed by atoms with Gasteiger partial charge in [0.2, 0.25) is 11.8 Å². The first-order chi connectivity index (χ1) is 11.9. The van der Waals surface area contributed by atoms with E-state index in [0.29, 0.717) is 11.3 Å². The molecule has 0 aliphatic carbocycles. The van der Waals surface area contributed by atoms with Crippen LogP contribution in [0.3, 0.4) is 0 Å². The number of esters is 1. The lowest BCUT2D eigenvalue weighted by Gasteiger charge is -2.28. The van der Waals surface area contributed by atoms with Crippen molar-refractivity contribution in [3.8, 4) is 0 Å². The number of hydrogen-bond donors (Lipinski definition) is 1. The molecule has 0 fully saturated rings. The quantitative estimate of drug-likeness (QED) is 0.814. The molecule has 1 aromatic rings. The van der Waals surface area contributed by atoms with Crippen molar-refractivity contribution in [1.82, 2.24) is 5.32 Å². The number of hydrogen-bond acceptors (Lipinski definition) is 6. The van der Waals surface area contributed by atoms with E-state index in [9.17, 15) is 14.4 Å². The summed E-state index contributed by atoms with van der Waals surface area (Å²) in [5.41, 5.74) is 0.403. The molecule has 2 unspecified atom stereocenters. The number of anilines is 1. The lowest BCUT2D eigenvalue weighted by molar-refractivity contribution is -0.136. The monoisotopic (exact) mass is 346 g/mol. The van der Waals surface area contributed by atoms with Crippen LogP contribution in [0.25, 0.3) is 0 Å². The van der Waals surface area contributed by atoms with Crippen LogP contribution in [0.5, 0.6) is 0 Å². The average molecular weight is 346 g/mol.